The van der Waals surface area contributed by atoms with Gasteiger partial charge in [-0.1, -0.05) is 50.6 Å². The quantitative estimate of drug-likeness (QED) is 0.876. The zero-order valence-electron chi connectivity index (χ0n) is 13.1. The van der Waals surface area contributed by atoms with Gasteiger partial charge in [-0.05, 0) is 24.9 Å². The molecule has 114 valence electrons. The van der Waals surface area contributed by atoms with Gasteiger partial charge in [-0.3, -0.25) is 4.79 Å². The summed E-state index contributed by atoms with van der Waals surface area (Å²) in [5, 5.41) is 6.15. The summed E-state index contributed by atoms with van der Waals surface area (Å²) in [6.07, 6.45) is 0.509. The van der Waals surface area contributed by atoms with Crippen LogP contribution in [0.25, 0.3) is 0 Å². The van der Waals surface area contributed by atoms with Crippen molar-refractivity contribution in [3.63, 3.8) is 0 Å². The summed E-state index contributed by atoms with van der Waals surface area (Å²) in [4.78, 5) is 12.0. The van der Waals surface area contributed by atoms with E-state index in [1.54, 1.807) is 0 Å². The van der Waals surface area contributed by atoms with Gasteiger partial charge in [0.15, 0.2) is 0 Å². The second kappa shape index (κ2) is 8.28. The standard InChI is InChI=1S/C16H26N2O.ClH/c1-12-7-6-8-13(11-12)15(16(2,3)4)18-14(19)9-10-17-5;/h6-8,11,15,17H,9-10H2,1-5H3,(H,18,19);1H. The number of halogens is 1. The zero-order chi connectivity index (χ0) is 14.5. The van der Waals surface area contributed by atoms with Gasteiger partial charge in [0.25, 0.3) is 0 Å². The van der Waals surface area contributed by atoms with Crippen LogP contribution >= 0.6 is 12.4 Å². The lowest BCUT2D eigenvalue weighted by Crippen LogP contribution is -2.37. The first-order chi connectivity index (χ1) is 8.84. The summed E-state index contributed by atoms with van der Waals surface area (Å²) < 4.78 is 0. The minimum absolute atomic E-state index is 0. The van der Waals surface area contributed by atoms with Crippen molar-refractivity contribution in [1.29, 1.82) is 0 Å². The van der Waals surface area contributed by atoms with Crippen molar-refractivity contribution < 1.29 is 4.79 Å². The molecular formula is C16H27ClN2O. The highest BCUT2D eigenvalue weighted by atomic mass is 35.5. The number of carbonyl (C=O) groups excluding carboxylic acids is 1. The minimum Gasteiger partial charge on any atom is -0.349 e. The van der Waals surface area contributed by atoms with Crippen molar-refractivity contribution in [3.8, 4) is 0 Å². The molecule has 0 aliphatic heterocycles. The average molecular weight is 299 g/mol. The maximum atomic E-state index is 12.0. The highest BCUT2D eigenvalue weighted by molar-refractivity contribution is 5.85. The monoisotopic (exact) mass is 298 g/mol. The topological polar surface area (TPSA) is 41.1 Å². The van der Waals surface area contributed by atoms with Crippen LogP contribution < -0.4 is 10.6 Å². The third-order valence-electron chi connectivity index (χ3n) is 3.15. The molecule has 0 aliphatic carbocycles. The van der Waals surface area contributed by atoms with Gasteiger partial charge < -0.3 is 10.6 Å². The normalized spacial score (nSPS) is 12.4. The Kier molecular flexibility index (Phi) is 7.84. The van der Waals surface area contributed by atoms with Crippen molar-refractivity contribution in [2.75, 3.05) is 13.6 Å². The van der Waals surface area contributed by atoms with E-state index in [0.29, 0.717) is 13.0 Å². The molecule has 0 spiro atoms. The highest BCUT2D eigenvalue weighted by Gasteiger charge is 2.27. The van der Waals surface area contributed by atoms with Gasteiger partial charge in [-0.15, -0.1) is 12.4 Å². The fourth-order valence-electron chi connectivity index (χ4n) is 2.12. The summed E-state index contributed by atoms with van der Waals surface area (Å²) in [6.45, 7) is 9.23. The van der Waals surface area contributed by atoms with Crippen molar-refractivity contribution in [2.45, 2.75) is 40.2 Å². The molecule has 0 aromatic heterocycles. The Labute approximate surface area is 128 Å². The van der Waals surface area contributed by atoms with E-state index in [1.165, 1.54) is 11.1 Å². The van der Waals surface area contributed by atoms with E-state index >= 15 is 0 Å². The van der Waals surface area contributed by atoms with Crippen LogP contribution in [-0.2, 0) is 4.79 Å². The molecule has 1 unspecified atom stereocenters. The Balaban J connectivity index is 0.00000361. The molecule has 4 heteroatoms. The number of carbonyl (C=O) groups is 1. The second-order valence-corrected chi connectivity index (χ2v) is 6.13. The number of amides is 1. The first-order valence-corrected chi connectivity index (χ1v) is 6.85. The van der Waals surface area contributed by atoms with Crippen LogP contribution in [0.1, 0.15) is 44.4 Å². The van der Waals surface area contributed by atoms with Crippen molar-refractivity contribution in [3.05, 3.63) is 35.4 Å². The lowest BCUT2D eigenvalue weighted by molar-refractivity contribution is -0.122. The molecule has 1 amide bonds. The molecule has 1 aromatic carbocycles. The number of hydrogen-bond donors (Lipinski definition) is 2. The van der Waals surface area contributed by atoms with Crippen LogP contribution in [0.4, 0.5) is 0 Å². The lowest BCUT2D eigenvalue weighted by atomic mass is 9.82. The summed E-state index contributed by atoms with van der Waals surface area (Å²) in [5.41, 5.74) is 2.38. The average Bonchev–Trinajstić information content (AvgIpc) is 2.32. The molecule has 0 heterocycles. The number of nitrogens with one attached hydrogen (secondary N) is 2. The maximum absolute atomic E-state index is 12.0. The van der Waals surface area contributed by atoms with E-state index in [9.17, 15) is 4.79 Å². The van der Waals surface area contributed by atoms with Gasteiger partial charge in [0.05, 0.1) is 6.04 Å². The van der Waals surface area contributed by atoms with E-state index in [-0.39, 0.29) is 29.8 Å². The van der Waals surface area contributed by atoms with E-state index in [1.807, 2.05) is 13.1 Å². The molecule has 1 atom stereocenters. The molecule has 0 aliphatic rings. The molecule has 3 nitrogen and oxygen atoms in total. The Morgan fingerprint density at radius 1 is 1.30 bits per heavy atom. The van der Waals surface area contributed by atoms with Crippen molar-refractivity contribution >= 4 is 18.3 Å². The number of benzene rings is 1. The SMILES string of the molecule is CNCCC(=O)NC(c1cccc(C)c1)C(C)(C)C.Cl. The summed E-state index contributed by atoms with van der Waals surface area (Å²) in [7, 11) is 1.86. The van der Waals surface area contributed by atoms with Crippen LogP contribution in [-0.4, -0.2) is 19.5 Å². The van der Waals surface area contributed by atoms with Crippen molar-refractivity contribution in [1.82, 2.24) is 10.6 Å². The Hall–Kier alpha value is -1.06. The zero-order valence-corrected chi connectivity index (χ0v) is 13.9. The van der Waals surface area contributed by atoms with Gasteiger partial charge in [0.2, 0.25) is 5.91 Å². The third-order valence-corrected chi connectivity index (χ3v) is 3.15. The summed E-state index contributed by atoms with van der Waals surface area (Å²) in [6, 6.07) is 8.39. The van der Waals surface area contributed by atoms with Gasteiger partial charge in [-0.25, -0.2) is 0 Å². The second-order valence-electron chi connectivity index (χ2n) is 6.13. The Morgan fingerprint density at radius 3 is 2.45 bits per heavy atom. The maximum Gasteiger partial charge on any atom is 0.221 e. The molecule has 1 rings (SSSR count). The fraction of sp³-hybridized carbons (Fsp3) is 0.562. The number of rotatable bonds is 5. The van der Waals surface area contributed by atoms with Crippen LogP contribution in [0.2, 0.25) is 0 Å². The fourth-order valence-corrected chi connectivity index (χ4v) is 2.12. The van der Waals surface area contributed by atoms with E-state index in [2.05, 4.69) is 56.5 Å². The third kappa shape index (κ3) is 5.93. The van der Waals surface area contributed by atoms with Crippen LogP contribution in [0.15, 0.2) is 24.3 Å². The summed E-state index contributed by atoms with van der Waals surface area (Å²) in [5.74, 6) is 0.0933. The van der Waals surface area contributed by atoms with E-state index in [4.69, 9.17) is 0 Å². The van der Waals surface area contributed by atoms with E-state index in [0.717, 1.165) is 0 Å². The summed E-state index contributed by atoms with van der Waals surface area (Å²) >= 11 is 0. The predicted octanol–water partition coefficient (Wildman–Crippen LogP) is 3.23. The molecule has 0 saturated heterocycles. The largest absolute Gasteiger partial charge is 0.349 e. The molecule has 1 aromatic rings. The van der Waals surface area contributed by atoms with Gasteiger partial charge in [0, 0.05) is 13.0 Å². The molecule has 0 saturated carbocycles. The predicted molar refractivity (Wildman–Crippen MR) is 87.3 cm³/mol. The van der Waals surface area contributed by atoms with Crippen molar-refractivity contribution in [2.24, 2.45) is 5.41 Å². The molecule has 20 heavy (non-hydrogen) atoms. The smallest absolute Gasteiger partial charge is 0.221 e. The van der Waals surface area contributed by atoms with Gasteiger partial charge in [-0.2, -0.15) is 0 Å². The lowest BCUT2D eigenvalue weighted by Gasteiger charge is -2.32. The first-order valence-electron chi connectivity index (χ1n) is 6.85. The Morgan fingerprint density at radius 2 is 1.95 bits per heavy atom. The van der Waals surface area contributed by atoms with Crippen LogP contribution in [0.3, 0.4) is 0 Å². The van der Waals surface area contributed by atoms with Gasteiger partial charge >= 0.3 is 0 Å². The number of hydrogen-bond acceptors (Lipinski definition) is 2. The van der Waals surface area contributed by atoms with Crippen LogP contribution in [0.5, 0.6) is 0 Å². The molecular weight excluding hydrogens is 272 g/mol. The Bertz CT molecular complexity index is 427. The van der Waals surface area contributed by atoms with Crippen LogP contribution in [0, 0.1) is 12.3 Å². The number of aryl methyl sites for hydroxylation is 1. The first kappa shape index (κ1) is 18.9. The van der Waals surface area contributed by atoms with E-state index < -0.39 is 0 Å². The highest BCUT2D eigenvalue weighted by Crippen LogP contribution is 2.33. The molecule has 2 N–H and O–H groups in total. The molecule has 0 bridgehead atoms. The molecule has 0 radical (unpaired) electrons. The van der Waals surface area contributed by atoms with Gasteiger partial charge in [0.1, 0.15) is 0 Å². The molecule has 0 fully saturated rings. The minimum atomic E-state index is -0.0108.